The van der Waals surface area contributed by atoms with E-state index < -0.39 is 50.9 Å². The number of aliphatic hydroxyl groups is 2. The van der Waals surface area contributed by atoms with Crippen molar-refractivity contribution in [2.45, 2.75) is 109 Å². The van der Waals surface area contributed by atoms with Crippen molar-refractivity contribution in [2.75, 3.05) is 6.61 Å². The molecular weight excluding hydrogens is 562 g/mol. The Kier molecular flexibility index (Phi) is 7.73. The van der Waals surface area contributed by atoms with Gasteiger partial charge in [-0.15, -0.1) is 5.10 Å². The van der Waals surface area contributed by atoms with E-state index in [0.29, 0.717) is 23.7 Å². The number of rotatable bonds is 5. The molecule has 1 aromatic heterocycles. The summed E-state index contributed by atoms with van der Waals surface area (Å²) in [7, 11) is -2.46. The van der Waals surface area contributed by atoms with Crippen LogP contribution in [0.1, 0.15) is 64.8 Å². The fourth-order valence-corrected chi connectivity index (χ4v) is 8.98. The van der Waals surface area contributed by atoms with Crippen LogP contribution in [-0.4, -0.2) is 70.5 Å². The van der Waals surface area contributed by atoms with Gasteiger partial charge in [0.15, 0.2) is 20.4 Å². The lowest BCUT2D eigenvalue weighted by atomic mass is 9.87. The van der Waals surface area contributed by atoms with E-state index in [1.807, 2.05) is 62.4 Å². The third kappa shape index (κ3) is 5.20. The molecule has 6 atom stereocenters. The summed E-state index contributed by atoms with van der Waals surface area (Å²) in [6.45, 7) is 17.3. The first-order chi connectivity index (χ1) is 20.2. The molecule has 3 aliphatic rings. The van der Waals surface area contributed by atoms with Crippen molar-refractivity contribution in [1.29, 1.82) is 0 Å². The van der Waals surface area contributed by atoms with Crippen LogP contribution >= 0.6 is 0 Å². The lowest BCUT2D eigenvalue weighted by Crippen LogP contribution is -2.64. The average Bonchev–Trinajstić information content (AvgIpc) is 3.36. The number of hydrogen-bond donors (Lipinski definition) is 2. The lowest BCUT2D eigenvalue weighted by Gasteiger charge is -2.52. The number of hydrogen-bond acceptors (Lipinski definition) is 8. The molecule has 2 saturated heterocycles. The number of fused-ring (bicyclic) bond motifs is 6. The zero-order chi connectivity index (χ0) is 30.9. The molecule has 3 aromatic rings. The van der Waals surface area contributed by atoms with Crippen molar-refractivity contribution >= 4 is 8.32 Å². The molecule has 1 aliphatic carbocycles. The number of aromatic nitrogens is 3. The highest BCUT2D eigenvalue weighted by molar-refractivity contribution is 6.74. The molecule has 0 spiro atoms. The molecule has 10 heteroatoms. The summed E-state index contributed by atoms with van der Waals surface area (Å²) in [4.78, 5) is 0. The van der Waals surface area contributed by atoms with E-state index in [1.165, 1.54) is 0 Å². The van der Waals surface area contributed by atoms with Crippen LogP contribution in [0.25, 0.3) is 22.5 Å². The molecule has 2 aliphatic heterocycles. The Morgan fingerprint density at radius 1 is 1.05 bits per heavy atom. The second kappa shape index (κ2) is 10.9. The van der Waals surface area contributed by atoms with Gasteiger partial charge in [-0.1, -0.05) is 81.4 Å². The Morgan fingerprint density at radius 2 is 1.72 bits per heavy atom. The number of aliphatic hydroxyl groups excluding tert-OH is 2. The number of ether oxygens (including phenoxy) is 3. The number of nitrogens with zero attached hydrogens (tertiary/aromatic N) is 3. The van der Waals surface area contributed by atoms with Gasteiger partial charge in [0.2, 0.25) is 0 Å². The van der Waals surface area contributed by atoms with Crippen LogP contribution in [0.2, 0.25) is 18.1 Å². The highest BCUT2D eigenvalue weighted by atomic mass is 28.4. The molecule has 0 bridgehead atoms. The standard InChI is InChI=1S/C33H45N3O6Si/c1-19(2)32(3,4)43(7,8)42-31-28(29(38)30-25(40-31)18-39-33(5,6)41-30)36-27-23-16-12-11-15-22(23)24(37)17-20-13-9-10-14-21(20)26(27)34-35-36/h9-16,19,24-25,28-31,37-38H,17-18H2,1-8H3/t24?,25?,28?,29?,30-,31+/m1/s1. The highest BCUT2D eigenvalue weighted by Crippen LogP contribution is 2.49. The molecule has 0 amide bonds. The Hall–Kier alpha value is -2.44. The first-order valence-electron chi connectivity index (χ1n) is 15.4. The third-order valence-electron chi connectivity index (χ3n) is 10.3. The number of benzene rings is 2. The molecule has 4 unspecified atom stereocenters. The Balaban J connectivity index is 1.54. The minimum absolute atomic E-state index is 0.100. The van der Waals surface area contributed by atoms with Crippen molar-refractivity contribution in [2.24, 2.45) is 5.92 Å². The van der Waals surface area contributed by atoms with Crippen LogP contribution in [-0.2, 0) is 25.1 Å². The average molecular weight is 608 g/mol. The monoisotopic (exact) mass is 607 g/mol. The van der Waals surface area contributed by atoms with Crippen molar-refractivity contribution in [1.82, 2.24) is 15.0 Å². The van der Waals surface area contributed by atoms with Gasteiger partial charge in [0, 0.05) is 17.5 Å². The maximum atomic E-state index is 12.2. The lowest BCUT2D eigenvalue weighted by molar-refractivity contribution is -0.367. The maximum Gasteiger partial charge on any atom is 0.196 e. The van der Waals surface area contributed by atoms with Crippen molar-refractivity contribution in [3.63, 3.8) is 0 Å². The van der Waals surface area contributed by atoms with E-state index in [1.54, 1.807) is 4.68 Å². The first-order valence-corrected chi connectivity index (χ1v) is 18.3. The minimum atomic E-state index is -2.46. The quantitative estimate of drug-likeness (QED) is 0.359. The fourth-order valence-electron chi connectivity index (χ4n) is 6.51. The SMILES string of the molecule is CC(C)C(C)(C)[Si](C)(C)O[C@@H]1OC2COC(C)(C)O[C@H]2C(O)C1n1nnc2c1-c1ccccc1C(O)Cc1ccccc1-2. The van der Waals surface area contributed by atoms with Gasteiger partial charge < -0.3 is 28.8 Å². The van der Waals surface area contributed by atoms with Crippen LogP contribution in [0.3, 0.4) is 0 Å². The second-order valence-corrected chi connectivity index (χ2v) is 18.6. The van der Waals surface area contributed by atoms with E-state index in [9.17, 15) is 10.2 Å². The molecule has 2 N–H and O–H groups in total. The topological polar surface area (TPSA) is 108 Å². The maximum absolute atomic E-state index is 12.2. The second-order valence-electron chi connectivity index (χ2n) is 14.0. The summed E-state index contributed by atoms with van der Waals surface area (Å²) in [5.74, 6) is -0.517. The summed E-state index contributed by atoms with van der Waals surface area (Å²) in [5.41, 5.74) is 4.86. The highest BCUT2D eigenvalue weighted by Gasteiger charge is 2.56. The Labute approximate surface area is 255 Å². The van der Waals surface area contributed by atoms with Crippen molar-refractivity contribution in [3.05, 3.63) is 59.7 Å². The van der Waals surface area contributed by atoms with Gasteiger partial charge >= 0.3 is 0 Å². The van der Waals surface area contributed by atoms with E-state index in [-0.39, 0.29) is 11.6 Å². The minimum Gasteiger partial charge on any atom is -0.391 e. The van der Waals surface area contributed by atoms with Crippen LogP contribution < -0.4 is 0 Å². The van der Waals surface area contributed by atoms with Gasteiger partial charge in [0.05, 0.1) is 18.4 Å². The van der Waals surface area contributed by atoms with Crippen LogP contribution in [0, 0.1) is 5.92 Å². The summed E-state index contributed by atoms with van der Waals surface area (Å²) in [6.07, 6.45) is -3.34. The Morgan fingerprint density at radius 3 is 2.44 bits per heavy atom. The molecule has 9 nitrogen and oxygen atoms in total. The predicted octanol–water partition coefficient (Wildman–Crippen LogP) is 5.64. The van der Waals surface area contributed by atoms with Crippen molar-refractivity contribution in [3.8, 4) is 22.5 Å². The van der Waals surface area contributed by atoms with Crippen LogP contribution in [0.4, 0.5) is 0 Å². The summed E-state index contributed by atoms with van der Waals surface area (Å²) >= 11 is 0. The van der Waals surface area contributed by atoms with E-state index in [4.69, 9.17) is 28.9 Å². The fraction of sp³-hybridized carbons (Fsp3) is 0.576. The summed E-state index contributed by atoms with van der Waals surface area (Å²) in [6, 6.07) is 15.0. The molecule has 2 aromatic carbocycles. The van der Waals surface area contributed by atoms with Crippen LogP contribution in [0.5, 0.6) is 0 Å². The zero-order valence-electron chi connectivity index (χ0n) is 26.4. The Bertz CT molecular complexity index is 1490. The largest absolute Gasteiger partial charge is 0.391 e. The van der Waals surface area contributed by atoms with Gasteiger partial charge in [-0.25, -0.2) is 4.68 Å². The van der Waals surface area contributed by atoms with Gasteiger partial charge in [-0.2, -0.15) is 0 Å². The predicted molar refractivity (Wildman–Crippen MR) is 166 cm³/mol. The molecule has 6 rings (SSSR count). The summed E-state index contributed by atoms with van der Waals surface area (Å²) < 4.78 is 27.7. The van der Waals surface area contributed by atoms with Gasteiger partial charge in [0.1, 0.15) is 30.0 Å². The summed E-state index contributed by atoms with van der Waals surface area (Å²) in [5, 5.41) is 33.0. The van der Waals surface area contributed by atoms with Gasteiger partial charge in [-0.05, 0) is 49.0 Å². The molecule has 43 heavy (non-hydrogen) atoms. The molecule has 0 saturated carbocycles. The van der Waals surface area contributed by atoms with Crippen LogP contribution in [0.15, 0.2) is 48.5 Å². The zero-order valence-corrected chi connectivity index (χ0v) is 27.4. The molecular formula is C33H45N3O6Si. The first kappa shape index (κ1) is 30.6. The third-order valence-corrected chi connectivity index (χ3v) is 14.8. The van der Waals surface area contributed by atoms with Gasteiger partial charge in [-0.3, -0.25) is 0 Å². The van der Waals surface area contributed by atoms with E-state index >= 15 is 0 Å². The molecule has 2 fully saturated rings. The molecule has 232 valence electrons. The smallest absolute Gasteiger partial charge is 0.196 e. The van der Waals surface area contributed by atoms with Gasteiger partial charge in [0.25, 0.3) is 0 Å². The van der Waals surface area contributed by atoms with Crippen molar-refractivity contribution < 1.29 is 28.8 Å². The normalized spacial score (nSPS) is 28.7. The van der Waals surface area contributed by atoms with E-state index in [2.05, 4.69) is 40.8 Å². The molecule has 3 heterocycles. The van der Waals surface area contributed by atoms with E-state index in [0.717, 1.165) is 22.3 Å². The molecule has 0 radical (unpaired) electrons.